The number of fused-ring (bicyclic) bond motifs is 1. The van der Waals surface area contributed by atoms with Crippen molar-refractivity contribution in [3.05, 3.63) is 199 Å². The quantitative estimate of drug-likeness (QED) is 0.142. The van der Waals surface area contributed by atoms with Crippen LogP contribution in [0.4, 0.5) is 0 Å². The second-order valence-electron chi connectivity index (χ2n) is 18.3. The average Bonchev–Trinajstić information content (AvgIpc) is 3.72. The van der Waals surface area contributed by atoms with Crippen molar-refractivity contribution in [1.82, 2.24) is 14.5 Å². The Morgan fingerprint density at radius 2 is 1.30 bits per heavy atom. The molecule has 0 fully saturated rings. The minimum atomic E-state index is -0.434. The summed E-state index contributed by atoms with van der Waals surface area (Å²) < 4.78 is 50.6. The zero-order valence-electron chi connectivity index (χ0n) is 42.5. The zero-order chi connectivity index (χ0) is 48.4. The van der Waals surface area contributed by atoms with Crippen LogP contribution in [-0.4, -0.2) is 14.5 Å². The molecule has 7 aromatic carbocycles. The minimum Gasteiger partial charge on any atom is -0.665 e. The normalized spacial score (nSPS) is 12.8. The molecule has 0 atom stereocenters. The number of benzene rings is 7. The van der Waals surface area contributed by atoms with Gasteiger partial charge in [-0.2, -0.15) is 7.11 Å². The zero-order valence-corrected chi connectivity index (χ0v) is 39.7. The summed E-state index contributed by atoms with van der Waals surface area (Å²) in [6.45, 7) is 17.4. The number of ether oxygens (including phenoxy) is 1. The molecule has 0 aliphatic heterocycles. The predicted molar refractivity (Wildman–Crippen MR) is 263 cm³/mol. The topological polar surface area (TPSA) is 39.9 Å². The first-order valence-corrected chi connectivity index (χ1v) is 21.3. The number of aromatic nitrogens is 3. The molecule has 320 valence electrons. The fourth-order valence-electron chi connectivity index (χ4n) is 8.57. The van der Waals surface area contributed by atoms with E-state index in [2.05, 4.69) is 169 Å². The van der Waals surface area contributed by atoms with E-state index >= 15 is 0 Å². The average molecular weight is 1020 g/mol. The van der Waals surface area contributed by atoms with Crippen LogP contribution in [0.2, 0.25) is 0 Å². The Morgan fingerprint density at radius 3 is 1.95 bits per heavy atom. The van der Waals surface area contributed by atoms with E-state index in [0.717, 1.165) is 72.4 Å². The summed E-state index contributed by atoms with van der Waals surface area (Å²) in [5, 5.41) is 0. The van der Waals surface area contributed by atoms with Gasteiger partial charge in [0, 0.05) is 17.5 Å². The summed E-state index contributed by atoms with van der Waals surface area (Å²) in [4.78, 5) is 10.4. The van der Waals surface area contributed by atoms with E-state index < -0.39 is 6.04 Å². The van der Waals surface area contributed by atoms with E-state index in [-0.39, 0.29) is 61.6 Å². The minimum absolute atomic E-state index is 0. The molecule has 9 rings (SSSR count). The van der Waals surface area contributed by atoms with Crippen LogP contribution in [0.15, 0.2) is 164 Å². The first-order valence-electron chi connectivity index (χ1n) is 23.8. The fraction of sp³-hybridized carbons (Fsp3) is 0.169. The number of para-hydroxylation sites is 1. The summed E-state index contributed by atoms with van der Waals surface area (Å²) >= 11 is 0. The molecule has 0 aliphatic rings. The van der Waals surface area contributed by atoms with Crippen LogP contribution in [0.25, 0.3) is 83.9 Å². The van der Waals surface area contributed by atoms with Gasteiger partial charge >= 0.3 is 21.1 Å². The number of aryl methyl sites for hydroxylation is 2. The maximum Gasteiger partial charge on any atom is 2.00 e. The second-order valence-corrected chi connectivity index (χ2v) is 18.3. The number of hydrogen-bond donors (Lipinski definition) is 0. The number of imidazole rings is 1. The van der Waals surface area contributed by atoms with Crippen molar-refractivity contribution in [2.45, 2.75) is 66.2 Å². The predicted octanol–water partition coefficient (Wildman–Crippen LogP) is 15.6. The van der Waals surface area contributed by atoms with E-state index in [4.69, 9.17) is 21.6 Å². The van der Waals surface area contributed by atoms with Crippen molar-refractivity contribution < 1.29 is 32.7 Å². The molecule has 5 heteroatoms. The Balaban J connectivity index is 0.00000642. The van der Waals surface area contributed by atoms with Crippen molar-refractivity contribution >= 4 is 11.0 Å². The van der Waals surface area contributed by atoms with Gasteiger partial charge in [-0.15, -0.1) is 29.3 Å². The Hall–Kier alpha value is -6.35. The van der Waals surface area contributed by atoms with Crippen LogP contribution < -0.4 is 4.74 Å². The number of nitrogens with zero attached hydrogens (tertiary/aromatic N) is 3. The Labute approximate surface area is 400 Å². The molecule has 0 amide bonds. The van der Waals surface area contributed by atoms with Gasteiger partial charge in [-0.05, 0) is 99.5 Å². The molecule has 2 heterocycles. The van der Waals surface area contributed by atoms with Crippen molar-refractivity contribution in [1.29, 1.82) is 0 Å². The van der Waals surface area contributed by atoms with Crippen LogP contribution >= 0.6 is 0 Å². The molecular formula is C59H53N3OPt. The van der Waals surface area contributed by atoms with Crippen LogP contribution in [0, 0.1) is 27.0 Å². The van der Waals surface area contributed by atoms with E-state index in [1.807, 2.05) is 19.1 Å². The van der Waals surface area contributed by atoms with Crippen LogP contribution in [0.5, 0.6) is 5.75 Å². The van der Waals surface area contributed by atoms with Gasteiger partial charge in [0.25, 0.3) is 0 Å². The Bertz CT molecular complexity index is 3400. The molecule has 0 N–H and O–H groups in total. The van der Waals surface area contributed by atoms with Gasteiger partial charge in [0.2, 0.25) is 0 Å². The first kappa shape index (κ1) is 38.1. The van der Waals surface area contributed by atoms with Crippen molar-refractivity contribution in [3.8, 4) is 78.6 Å². The summed E-state index contributed by atoms with van der Waals surface area (Å²) in [7, 11) is 3.93. The fourth-order valence-corrected chi connectivity index (χ4v) is 8.57. The van der Waals surface area contributed by atoms with Gasteiger partial charge in [-0.1, -0.05) is 168 Å². The van der Waals surface area contributed by atoms with Crippen LogP contribution in [0.1, 0.15) is 70.7 Å². The number of pyridine rings is 1. The van der Waals surface area contributed by atoms with Gasteiger partial charge in [0.1, 0.15) is 5.82 Å². The summed E-state index contributed by atoms with van der Waals surface area (Å²) in [6.07, 6.45) is 1.61. The van der Waals surface area contributed by atoms with Gasteiger partial charge in [0.15, 0.2) is 0 Å². The molecule has 64 heavy (non-hydrogen) atoms. The standard InChI is InChI=1S/C59H53N3O.Pt/c1-38-30-39(2)56(63-9)50(31-38)57-61-55-47(44-32-45(34-46(33-44)58(3,4)5)52-35-43(28-29-60-52)40-20-13-10-14-21-40)26-19-27-53(55)62(57)54-37-48(41-22-15-11-16-23-41)51(59(6,7)8)36-49(54)42-24-17-12-18-25-42;/h10-31,33-37H,9H2,1-8H3;/q-2;+2/i10D,13D,14D,20D,21D;. The molecule has 0 saturated carbocycles. The second kappa shape index (κ2) is 17.7. The number of rotatable bonds is 8. The molecule has 0 saturated heterocycles. The molecule has 0 unspecified atom stereocenters. The van der Waals surface area contributed by atoms with Crippen molar-refractivity contribution in [2.75, 3.05) is 0 Å². The third-order valence-electron chi connectivity index (χ3n) is 11.7. The molecular weight excluding hydrogens is 962 g/mol. The largest absolute Gasteiger partial charge is 2.00 e. The Morgan fingerprint density at radius 1 is 0.625 bits per heavy atom. The molecule has 0 bridgehead atoms. The maximum absolute atomic E-state index is 8.71. The van der Waals surface area contributed by atoms with Crippen LogP contribution in [0.3, 0.4) is 0 Å². The molecule has 0 aliphatic carbocycles. The van der Waals surface area contributed by atoms with Crippen molar-refractivity contribution in [3.63, 3.8) is 0 Å². The maximum atomic E-state index is 8.71. The van der Waals surface area contributed by atoms with Gasteiger partial charge < -0.3 is 4.74 Å². The summed E-state index contributed by atoms with van der Waals surface area (Å²) in [5.41, 5.74) is 15.0. The van der Waals surface area contributed by atoms with E-state index in [1.165, 1.54) is 5.56 Å². The van der Waals surface area contributed by atoms with Crippen molar-refractivity contribution in [2.24, 2.45) is 0 Å². The molecule has 0 radical (unpaired) electrons. The molecule has 2 aromatic heterocycles. The van der Waals surface area contributed by atoms with Gasteiger partial charge in [-0.25, -0.2) is 4.98 Å². The summed E-state index contributed by atoms with van der Waals surface area (Å²) in [5.74, 6) is 1.33. The van der Waals surface area contributed by atoms with E-state index in [9.17, 15) is 0 Å². The molecule has 9 aromatic rings. The van der Waals surface area contributed by atoms with E-state index in [0.29, 0.717) is 28.4 Å². The van der Waals surface area contributed by atoms with Gasteiger partial charge in [-0.3, -0.25) is 9.55 Å². The third-order valence-corrected chi connectivity index (χ3v) is 11.7. The monoisotopic (exact) mass is 1020 g/mol. The molecule has 4 nitrogen and oxygen atoms in total. The SMILES string of the molecule is [2H]c1c([2H])c([2H])c(-c2ccnc(-c3[c-]c(-c4cccc5c4nc(-c4cc(C)cc(C)c4O[CH2-])n5-c4cc(-c5ccccc5)c(C(C)(C)C)cc4-c4ccccc4)cc(C(C)(C)C)c3)c2)c([2H])c1[2H].[Pt+2]. The van der Waals surface area contributed by atoms with Crippen LogP contribution in [-0.2, 0) is 31.9 Å². The molecule has 0 spiro atoms. The summed E-state index contributed by atoms with van der Waals surface area (Å²) in [6, 6.07) is 45.9. The van der Waals surface area contributed by atoms with Gasteiger partial charge in [0.05, 0.1) is 34.9 Å². The first-order chi connectivity index (χ1) is 32.3. The third kappa shape index (κ3) is 8.52. The smallest absolute Gasteiger partial charge is 0.665 e. The van der Waals surface area contributed by atoms with E-state index in [1.54, 1.807) is 18.3 Å². The number of hydrogen-bond acceptors (Lipinski definition) is 3. The Kier molecular flexibility index (Phi) is 10.5.